The number of likely N-dealkylation sites (N-methyl/N-ethyl adjacent to an activating group) is 1. The molecule has 0 saturated carbocycles. The first-order valence-electron chi connectivity index (χ1n) is 9.63. The van der Waals surface area contributed by atoms with Crippen LogP contribution in [0.25, 0.3) is 0 Å². The maximum atomic E-state index is 13.2. The maximum absolute atomic E-state index is 13.2. The number of rotatable bonds is 3. The van der Waals surface area contributed by atoms with Crippen molar-refractivity contribution in [1.29, 1.82) is 0 Å². The second kappa shape index (κ2) is 9.15. The van der Waals surface area contributed by atoms with E-state index in [0.717, 1.165) is 66.3 Å². The van der Waals surface area contributed by atoms with Crippen molar-refractivity contribution in [1.82, 2.24) is 14.8 Å². The van der Waals surface area contributed by atoms with Crippen molar-refractivity contribution < 1.29 is 4.39 Å². The third kappa shape index (κ3) is 5.10. The standard InChI is InChI=1S/C21H23ClFN5S/c1-26-12-14-27(15-13-26)21(25-29-19-8-6-18(23)7-9-19)28-11-10-20(24-28)16-2-4-17(22)5-3-16/h2-9H,10-15H2,1H3/b25-21+. The van der Waals surface area contributed by atoms with Crippen molar-refractivity contribution in [2.24, 2.45) is 9.50 Å². The van der Waals surface area contributed by atoms with Crippen molar-refractivity contribution >= 4 is 35.2 Å². The maximum Gasteiger partial charge on any atom is 0.229 e. The molecule has 1 fully saturated rings. The average molecular weight is 432 g/mol. The summed E-state index contributed by atoms with van der Waals surface area (Å²) in [5.74, 6) is 0.616. The van der Waals surface area contributed by atoms with Crippen molar-refractivity contribution in [3.05, 3.63) is 64.9 Å². The molecule has 8 heteroatoms. The van der Waals surface area contributed by atoms with E-state index in [-0.39, 0.29) is 5.82 Å². The molecule has 0 bridgehead atoms. The molecule has 0 amide bonds. The van der Waals surface area contributed by atoms with Gasteiger partial charge in [0.15, 0.2) is 0 Å². The van der Waals surface area contributed by atoms with Crippen LogP contribution in [0.3, 0.4) is 0 Å². The molecule has 2 aromatic carbocycles. The zero-order chi connectivity index (χ0) is 20.2. The Morgan fingerprint density at radius 3 is 2.38 bits per heavy atom. The summed E-state index contributed by atoms with van der Waals surface area (Å²) in [6, 6.07) is 14.2. The molecule has 2 heterocycles. The molecule has 0 radical (unpaired) electrons. The highest BCUT2D eigenvalue weighted by molar-refractivity contribution is 7.98. The molecule has 0 atom stereocenters. The van der Waals surface area contributed by atoms with Crippen LogP contribution in [0.5, 0.6) is 0 Å². The van der Waals surface area contributed by atoms with E-state index in [9.17, 15) is 4.39 Å². The number of hydrazone groups is 1. The van der Waals surface area contributed by atoms with Gasteiger partial charge in [0, 0.05) is 54.5 Å². The first kappa shape index (κ1) is 20.2. The van der Waals surface area contributed by atoms with Crippen LogP contribution in [-0.4, -0.2) is 66.3 Å². The normalized spacial score (nSPS) is 18.3. The first-order chi connectivity index (χ1) is 14.1. The third-order valence-electron chi connectivity index (χ3n) is 5.04. The van der Waals surface area contributed by atoms with Gasteiger partial charge in [-0.15, -0.1) is 0 Å². The van der Waals surface area contributed by atoms with E-state index in [1.807, 2.05) is 29.3 Å². The summed E-state index contributed by atoms with van der Waals surface area (Å²) in [6.07, 6.45) is 0.857. The molecule has 5 nitrogen and oxygen atoms in total. The van der Waals surface area contributed by atoms with Crippen LogP contribution >= 0.6 is 23.5 Å². The lowest BCUT2D eigenvalue weighted by Gasteiger charge is -2.36. The summed E-state index contributed by atoms with van der Waals surface area (Å²) < 4.78 is 18.0. The van der Waals surface area contributed by atoms with Gasteiger partial charge in [-0.3, -0.25) is 0 Å². The summed E-state index contributed by atoms with van der Waals surface area (Å²) in [6.45, 7) is 4.57. The number of benzene rings is 2. The Balaban J connectivity index is 1.57. The Labute approximate surface area is 180 Å². The highest BCUT2D eigenvalue weighted by atomic mass is 35.5. The van der Waals surface area contributed by atoms with Crippen molar-refractivity contribution in [2.45, 2.75) is 11.3 Å². The molecular weight excluding hydrogens is 409 g/mol. The SMILES string of the molecule is CN1CCN(/C(=N\Sc2ccc(F)cc2)N2CCC(c3ccc(Cl)cc3)=N2)CC1. The molecule has 0 unspecified atom stereocenters. The minimum Gasteiger partial charge on any atom is -0.338 e. The monoisotopic (exact) mass is 431 g/mol. The quantitative estimate of drug-likeness (QED) is 0.414. The largest absolute Gasteiger partial charge is 0.338 e. The number of hydrogen-bond donors (Lipinski definition) is 0. The Bertz CT molecular complexity index is 892. The van der Waals surface area contributed by atoms with Gasteiger partial charge >= 0.3 is 0 Å². The molecule has 1 saturated heterocycles. The van der Waals surface area contributed by atoms with Crippen LogP contribution in [0.2, 0.25) is 5.02 Å². The fourth-order valence-electron chi connectivity index (χ4n) is 3.31. The van der Waals surface area contributed by atoms with Gasteiger partial charge in [-0.2, -0.15) is 9.50 Å². The van der Waals surface area contributed by atoms with Crippen molar-refractivity contribution in [3.8, 4) is 0 Å². The lowest BCUT2D eigenvalue weighted by molar-refractivity contribution is 0.199. The molecule has 0 N–H and O–H groups in total. The summed E-state index contributed by atoms with van der Waals surface area (Å²) in [5, 5.41) is 7.57. The molecular formula is C21H23ClFN5S. The summed E-state index contributed by atoms with van der Waals surface area (Å²) >= 11 is 7.37. The summed E-state index contributed by atoms with van der Waals surface area (Å²) in [7, 11) is 2.13. The molecule has 2 aliphatic rings. The zero-order valence-electron chi connectivity index (χ0n) is 16.3. The van der Waals surface area contributed by atoms with E-state index in [2.05, 4.69) is 16.8 Å². The van der Waals surface area contributed by atoms with Crippen LogP contribution < -0.4 is 0 Å². The van der Waals surface area contributed by atoms with E-state index >= 15 is 0 Å². The van der Waals surface area contributed by atoms with Crippen LogP contribution in [0.4, 0.5) is 4.39 Å². The second-order valence-corrected chi connectivity index (χ2v) is 8.43. The van der Waals surface area contributed by atoms with Gasteiger partial charge in [-0.25, -0.2) is 9.40 Å². The summed E-state index contributed by atoms with van der Waals surface area (Å²) in [4.78, 5) is 5.50. The number of nitrogens with zero attached hydrogens (tertiary/aromatic N) is 5. The van der Waals surface area contributed by atoms with E-state index < -0.39 is 0 Å². The fourth-order valence-corrected chi connectivity index (χ4v) is 4.09. The lowest BCUT2D eigenvalue weighted by Crippen LogP contribution is -2.51. The predicted molar refractivity (Wildman–Crippen MR) is 118 cm³/mol. The fraction of sp³-hybridized carbons (Fsp3) is 0.333. The number of piperazine rings is 1. The average Bonchev–Trinajstić information content (AvgIpc) is 3.21. The van der Waals surface area contributed by atoms with Crippen molar-refractivity contribution in [2.75, 3.05) is 39.8 Å². The minimum absolute atomic E-state index is 0.241. The van der Waals surface area contributed by atoms with Crippen LogP contribution in [-0.2, 0) is 0 Å². The van der Waals surface area contributed by atoms with Crippen LogP contribution in [0, 0.1) is 5.82 Å². The van der Waals surface area contributed by atoms with Gasteiger partial charge in [0.2, 0.25) is 5.96 Å². The molecule has 4 rings (SSSR count). The smallest absolute Gasteiger partial charge is 0.229 e. The number of hydrogen-bond acceptors (Lipinski definition) is 4. The molecule has 0 aromatic heterocycles. The highest BCUT2D eigenvalue weighted by Crippen LogP contribution is 2.23. The van der Waals surface area contributed by atoms with E-state index in [1.54, 1.807) is 12.1 Å². The third-order valence-corrected chi connectivity index (χ3v) is 6.03. The Morgan fingerprint density at radius 1 is 1.00 bits per heavy atom. The number of halogens is 2. The van der Waals surface area contributed by atoms with Gasteiger partial charge in [0.1, 0.15) is 5.82 Å². The Hall–Kier alpha value is -2.09. The van der Waals surface area contributed by atoms with E-state index in [4.69, 9.17) is 21.1 Å². The molecule has 0 aliphatic carbocycles. The predicted octanol–water partition coefficient (Wildman–Crippen LogP) is 4.20. The lowest BCUT2D eigenvalue weighted by atomic mass is 10.1. The van der Waals surface area contributed by atoms with E-state index in [1.165, 1.54) is 24.1 Å². The minimum atomic E-state index is -0.241. The molecule has 0 spiro atoms. The van der Waals surface area contributed by atoms with Crippen molar-refractivity contribution in [3.63, 3.8) is 0 Å². The van der Waals surface area contributed by atoms with E-state index in [0.29, 0.717) is 0 Å². The highest BCUT2D eigenvalue weighted by Gasteiger charge is 2.26. The molecule has 152 valence electrons. The van der Waals surface area contributed by atoms with Gasteiger partial charge in [0.05, 0.1) is 12.3 Å². The van der Waals surface area contributed by atoms with Gasteiger partial charge in [0.25, 0.3) is 0 Å². The topological polar surface area (TPSA) is 34.4 Å². The molecule has 2 aromatic rings. The van der Waals surface area contributed by atoms with Gasteiger partial charge < -0.3 is 9.80 Å². The molecule has 2 aliphatic heterocycles. The van der Waals surface area contributed by atoms with Crippen LogP contribution in [0.15, 0.2) is 62.9 Å². The second-order valence-electron chi connectivity index (χ2n) is 7.15. The Morgan fingerprint density at radius 2 is 1.69 bits per heavy atom. The Kier molecular flexibility index (Phi) is 6.37. The molecule has 29 heavy (non-hydrogen) atoms. The van der Waals surface area contributed by atoms with Gasteiger partial charge in [-0.05, 0) is 49.0 Å². The van der Waals surface area contributed by atoms with Gasteiger partial charge in [-0.1, -0.05) is 23.7 Å². The summed E-state index contributed by atoms with van der Waals surface area (Å²) in [5.41, 5.74) is 2.12. The number of guanidine groups is 1. The zero-order valence-corrected chi connectivity index (χ0v) is 17.8. The first-order valence-corrected chi connectivity index (χ1v) is 10.8. The van der Waals surface area contributed by atoms with Crippen LogP contribution in [0.1, 0.15) is 12.0 Å².